The molecule has 0 heterocycles. The third-order valence-electron chi connectivity index (χ3n) is 6.73. The van der Waals surface area contributed by atoms with E-state index in [4.69, 9.17) is 9.46 Å². The molecule has 25 heavy (non-hydrogen) atoms. The van der Waals surface area contributed by atoms with E-state index in [1.165, 1.54) is 43.7 Å². The van der Waals surface area contributed by atoms with Crippen LogP contribution in [0.3, 0.4) is 0 Å². The molecule has 4 aliphatic carbocycles. The molecule has 0 atom stereocenters. The predicted molar refractivity (Wildman–Crippen MR) is 105 cm³/mol. The number of benzene rings is 1. The molecule has 0 N–H and O–H groups in total. The van der Waals surface area contributed by atoms with Gasteiger partial charge in [0.25, 0.3) is 8.32 Å². The van der Waals surface area contributed by atoms with Crippen LogP contribution in [0.5, 0.6) is 0 Å². The Labute approximate surface area is 154 Å². The lowest BCUT2D eigenvalue weighted by molar-refractivity contribution is -0.283. The first-order valence-electron chi connectivity index (χ1n) is 10.1. The van der Waals surface area contributed by atoms with Gasteiger partial charge in [0.1, 0.15) is 0 Å². The Morgan fingerprint density at radius 2 is 1.36 bits per heavy atom. The Kier molecular flexibility index (Phi) is 4.21. The van der Waals surface area contributed by atoms with Crippen molar-refractivity contribution >= 4 is 13.5 Å². The molecule has 5 rings (SSSR count). The molecule has 0 amide bonds. The van der Waals surface area contributed by atoms with Crippen molar-refractivity contribution in [1.82, 2.24) is 0 Å². The number of hydrogen-bond donors (Lipinski definition) is 0. The Morgan fingerprint density at radius 1 is 0.880 bits per heavy atom. The van der Waals surface area contributed by atoms with Gasteiger partial charge in [-0.15, -0.1) is 0 Å². The minimum Gasteiger partial charge on any atom is -0.281 e. The lowest BCUT2D eigenvalue weighted by Crippen LogP contribution is -2.49. The third kappa shape index (κ3) is 3.48. The van der Waals surface area contributed by atoms with Crippen LogP contribution in [0.4, 0.5) is 0 Å². The van der Waals surface area contributed by atoms with Gasteiger partial charge < -0.3 is 0 Å². The smallest absolute Gasteiger partial charge is 0.263 e. The van der Waals surface area contributed by atoms with E-state index in [1.807, 2.05) is 20.8 Å². The first-order chi connectivity index (χ1) is 11.7. The van der Waals surface area contributed by atoms with Crippen molar-refractivity contribution in [3.63, 3.8) is 0 Å². The van der Waals surface area contributed by atoms with Crippen LogP contribution in [0.25, 0.3) is 0 Å². The fourth-order valence-corrected chi connectivity index (χ4v) is 7.49. The molecule has 0 radical (unpaired) electrons. The summed E-state index contributed by atoms with van der Waals surface area (Å²) < 4.78 is 5.91. The van der Waals surface area contributed by atoms with Gasteiger partial charge in [-0.1, -0.05) is 24.3 Å². The SMILES string of the molecule is CC(C)(C)OO[Si](C)(C)c1ccc(C23CC4CC(CC(C4)C2)C3)cc1. The molecule has 4 fully saturated rings. The highest BCUT2D eigenvalue weighted by Crippen LogP contribution is 2.60. The molecule has 2 nitrogen and oxygen atoms in total. The summed E-state index contributed by atoms with van der Waals surface area (Å²) in [5.74, 6) is 3.00. The highest BCUT2D eigenvalue weighted by atomic mass is 28.4. The summed E-state index contributed by atoms with van der Waals surface area (Å²) in [6.45, 7) is 10.5. The van der Waals surface area contributed by atoms with Gasteiger partial charge >= 0.3 is 0 Å². The zero-order valence-electron chi connectivity index (χ0n) is 16.6. The van der Waals surface area contributed by atoms with Gasteiger partial charge in [0.15, 0.2) is 0 Å². The van der Waals surface area contributed by atoms with Gasteiger partial charge in [-0.05, 0) is 106 Å². The second-order valence-corrected chi connectivity index (χ2v) is 14.3. The molecule has 4 aliphatic rings. The van der Waals surface area contributed by atoms with Gasteiger partial charge in [-0.2, -0.15) is 0 Å². The van der Waals surface area contributed by atoms with E-state index in [1.54, 1.807) is 5.56 Å². The monoisotopic (exact) mass is 358 g/mol. The van der Waals surface area contributed by atoms with Crippen LogP contribution in [0.2, 0.25) is 13.1 Å². The molecule has 1 aromatic rings. The van der Waals surface area contributed by atoms with Crippen molar-refractivity contribution in [3.8, 4) is 0 Å². The Balaban J connectivity index is 1.52. The minimum absolute atomic E-state index is 0.261. The van der Waals surface area contributed by atoms with Crippen LogP contribution in [0.15, 0.2) is 24.3 Å². The topological polar surface area (TPSA) is 18.5 Å². The molecule has 0 spiro atoms. The van der Waals surface area contributed by atoms with Gasteiger partial charge in [0.05, 0.1) is 5.60 Å². The molecule has 3 heteroatoms. The van der Waals surface area contributed by atoms with E-state index in [0.717, 1.165) is 17.8 Å². The molecule has 1 aromatic carbocycles. The maximum Gasteiger partial charge on any atom is 0.263 e. The Hall–Kier alpha value is -0.643. The fraction of sp³-hybridized carbons (Fsp3) is 0.727. The quantitative estimate of drug-likeness (QED) is 0.412. The average molecular weight is 359 g/mol. The molecule has 0 saturated heterocycles. The van der Waals surface area contributed by atoms with Gasteiger partial charge in [0.2, 0.25) is 0 Å². The minimum atomic E-state index is -2.02. The summed E-state index contributed by atoms with van der Waals surface area (Å²) in [5.41, 5.74) is 1.82. The largest absolute Gasteiger partial charge is 0.281 e. The van der Waals surface area contributed by atoms with Crippen LogP contribution in [-0.4, -0.2) is 13.9 Å². The zero-order valence-corrected chi connectivity index (χ0v) is 17.6. The molecule has 138 valence electrons. The number of hydrogen-bond acceptors (Lipinski definition) is 2. The van der Waals surface area contributed by atoms with Crippen molar-refractivity contribution in [1.29, 1.82) is 0 Å². The van der Waals surface area contributed by atoms with E-state index in [2.05, 4.69) is 37.4 Å². The second kappa shape index (κ2) is 5.93. The van der Waals surface area contributed by atoms with Crippen molar-refractivity contribution in [3.05, 3.63) is 29.8 Å². The Bertz CT molecular complexity index is 591. The van der Waals surface area contributed by atoms with Crippen molar-refractivity contribution in [2.24, 2.45) is 17.8 Å². The average Bonchev–Trinajstić information content (AvgIpc) is 2.51. The van der Waals surface area contributed by atoms with E-state index < -0.39 is 8.32 Å². The summed E-state index contributed by atoms with van der Waals surface area (Å²) in [6.07, 6.45) is 8.83. The predicted octanol–water partition coefficient (Wildman–Crippen LogP) is 5.31. The molecular weight excluding hydrogens is 324 g/mol. The maximum atomic E-state index is 5.91. The molecular formula is C22H34O2Si. The van der Waals surface area contributed by atoms with Crippen molar-refractivity contribution in [2.75, 3.05) is 0 Å². The molecule has 0 unspecified atom stereocenters. The normalized spacial score (nSPS) is 34.5. The summed E-state index contributed by atoms with van der Waals surface area (Å²) in [5, 5.41) is 1.32. The van der Waals surface area contributed by atoms with Crippen LogP contribution < -0.4 is 5.19 Å². The van der Waals surface area contributed by atoms with Crippen LogP contribution in [-0.2, 0) is 14.9 Å². The van der Waals surface area contributed by atoms with Gasteiger partial charge in [0, 0.05) is 0 Å². The fourth-order valence-electron chi connectivity index (χ4n) is 5.97. The van der Waals surface area contributed by atoms with Crippen LogP contribution in [0.1, 0.15) is 64.9 Å². The Morgan fingerprint density at radius 3 is 1.80 bits per heavy atom. The summed E-state index contributed by atoms with van der Waals surface area (Å²) in [4.78, 5) is 5.64. The maximum absolute atomic E-state index is 5.91. The van der Waals surface area contributed by atoms with Crippen LogP contribution >= 0.6 is 0 Å². The van der Waals surface area contributed by atoms with Crippen LogP contribution in [0, 0.1) is 17.8 Å². The summed E-state index contributed by atoms with van der Waals surface area (Å²) in [6, 6.07) is 9.48. The first kappa shape index (κ1) is 17.8. The van der Waals surface area contributed by atoms with E-state index in [0.29, 0.717) is 5.41 Å². The zero-order chi connectivity index (χ0) is 17.9. The van der Waals surface area contributed by atoms with Crippen molar-refractivity contribution < 1.29 is 9.46 Å². The lowest BCUT2D eigenvalue weighted by atomic mass is 9.48. The molecule has 0 aliphatic heterocycles. The highest BCUT2D eigenvalue weighted by molar-refractivity contribution is 6.84. The highest BCUT2D eigenvalue weighted by Gasteiger charge is 2.51. The molecule has 0 aromatic heterocycles. The van der Waals surface area contributed by atoms with Gasteiger partial charge in [-0.3, -0.25) is 4.58 Å². The second-order valence-electron chi connectivity index (χ2n) is 10.6. The third-order valence-corrected chi connectivity index (χ3v) is 8.95. The lowest BCUT2D eigenvalue weighted by Gasteiger charge is -2.57. The number of rotatable bonds is 4. The van der Waals surface area contributed by atoms with Gasteiger partial charge in [-0.25, -0.2) is 4.89 Å². The first-order valence-corrected chi connectivity index (χ1v) is 13.0. The van der Waals surface area contributed by atoms with E-state index in [-0.39, 0.29) is 5.60 Å². The van der Waals surface area contributed by atoms with E-state index in [9.17, 15) is 0 Å². The van der Waals surface area contributed by atoms with Crippen molar-refractivity contribution in [2.45, 2.75) is 83.4 Å². The molecule has 4 bridgehead atoms. The summed E-state index contributed by atoms with van der Waals surface area (Å²) >= 11 is 0. The standard InChI is InChI=1S/C22H34O2Si/c1-21(2,3)23-24-25(4,5)20-8-6-19(7-9-20)22-13-16-10-17(14-22)12-18(11-16)15-22/h6-9,16-18H,10-15H2,1-5H3. The van der Waals surface area contributed by atoms with E-state index >= 15 is 0 Å². The molecule has 4 saturated carbocycles. The summed E-state index contributed by atoms with van der Waals surface area (Å²) in [7, 11) is -2.02.